The smallest absolute Gasteiger partial charge is 0.306 e. The zero-order valence-electron chi connectivity index (χ0n) is 48.3. The summed E-state index contributed by atoms with van der Waals surface area (Å²) in [5.74, 6) is -0.508. The van der Waals surface area contributed by atoms with Crippen LogP contribution in [0.3, 0.4) is 0 Å². The van der Waals surface area contributed by atoms with Crippen LogP contribution in [0, 0.1) is 0 Å². The zero-order valence-corrected chi connectivity index (χ0v) is 48.3. The van der Waals surface area contributed by atoms with Gasteiger partial charge in [-0.05, 0) is 103 Å². The minimum absolute atomic E-state index is 0.0285. The maximum atomic E-state index is 12.9. The minimum Gasteiger partial charge on any atom is -0.462 e. The van der Waals surface area contributed by atoms with Crippen molar-refractivity contribution in [3.05, 3.63) is 134 Å². The third kappa shape index (κ3) is 60.6. The van der Waals surface area contributed by atoms with E-state index in [9.17, 15) is 9.59 Å². The van der Waals surface area contributed by atoms with Crippen molar-refractivity contribution in [2.24, 2.45) is 0 Å². The highest BCUT2D eigenvalue weighted by atomic mass is 16.6. The summed E-state index contributed by atoms with van der Waals surface area (Å²) in [6.07, 6.45) is 90.7. The molecule has 0 saturated heterocycles. The maximum absolute atomic E-state index is 12.9. The molecule has 1 unspecified atom stereocenters. The third-order valence-corrected chi connectivity index (χ3v) is 12.7. The molecule has 0 aliphatic carbocycles. The number of esters is 2. The van der Waals surface area contributed by atoms with Crippen LogP contribution < -0.4 is 0 Å². The summed E-state index contributed by atoms with van der Waals surface area (Å²) in [6, 6.07) is 0. The molecule has 74 heavy (non-hydrogen) atoms. The van der Waals surface area contributed by atoms with Crippen molar-refractivity contribution in [3.8, 4) is 0 Å². The van der Waals surface area contributed by atoms with E-state index < -0.39 is 6.10 Å². The van der Waals surface area contributed by atoms with Crippen LogP contribution in [0.4, 0.5) is 0 Å². The summed E-state index contributed by atoms with van der Waals surface area (Å²) in [7, 11) is 0. The van der Waals surface area contributed by atoms with Crippen molar-refractivity contribution < 1.29 is 23.8 Å². The first kappa shape index (κ1) is 70.0. The fraction of sp³-hybridized carbons (Fsp3) is 0.652. The Bertz CT molecular complexity index is 1530. The van der Waals surface area contributed by atoms with Gasteiger partial charge >= 0.3 is 11.9 Å². The lowest BCUT2D eigenvalue weighted by atomic mass is 10.0. The number of rotatable bonds is 55. The van der Waals surface area contributed by atoms with Gasteiger partial charge in [-0.1, -0.05) is 283 Å². The van der Waals surface area contributed by atoms with Crippen molar-refractivity contribution in [2.45, 2.75) is 271 Å². The molecular formula is C69H114O5. The highest BCUT2D eigenvalue weighted by molar-refractivity contribution is 5.70. The Morgan fingerprint density at radius 2 is 0.635 bits per heavy atom. The van der Waals surface area contributed by atoms with Gasteiger partial charge in [0, 0.05) is 19.4 Å². The van der Waals surface area contributed by atoms with E-state index in [1.807, 2.05) is 6.08 Å². The van der Waals surface area contributed by atoms with E-state index in [0.29, 0.717) is 25.9 Å². The Morgan fingerprint density at radius 3 is 1.03 bits per heavy atom. The highest BCUT2D eigenvalue weighted by Gasteiger charge is 2.17. The Hall–Kier alpha value is -3.96. The number of carbonyl (C=O) groups is 2. The predicted octanol–water partition coefficient (Wildman–Crippen LogP) is 21.5. The van der Waals surface area contributed by atoms with Crippen molar-refractivity contribution in [3.63, 3.8) is 0 Å². The second kappa shape index (κ2) is 63.3. The predicted molar refractivity (Wildman–Crippen MR) is 325 cm³/mol. The van der Waals surface area contributed by atoms with E-state index in [1.54, 1.807) is 0 Å². The Morgan fingerprint density at radius 1 is 0.311 bits per heavy atom. The van der Waals surface area contributed by atoms with E-state index >= 15 is 0 Å². The summed E-state index contributed by atoms with van der Waals surface area (Å²) in [4.78, 5) is 25.6. The molecule has 0 aromatic carbocycles. The molecule has 0 fully saturated rings. The van der Waals surface area contributed by atoms with Crippen molar-refractivity contribution in [1.29, 1.82) is 0 Å². The second-order valence-corrected chi connectivity index (χ2v) is 19.8. The van der Waals surface area contributed by atoms with Crippen LogP contribution in [0.1, 0.15) is 265 Å². The fourth-order valence-corrected chi connectivity index (χ4v) is 8.21. The van der Waals surface area contributed by atoms with Crippen LogP contribution >= 0.6 is 0 Å². The number of hydrogen-bond donors (Lipinski definition) is 0. The number of carbonyl (C=O) groups excluding carboxylic acids is 2. The molecule has 5 heteroatoms. The number of unbranched alkanes of at least 4 members (excludes halogenated alkanes) is 22. The summed E-state index contributed by atoms with van der Waals surface area (Å²) < 4.78 is 17.4. The molecule has 0 spiro atoms. The first-order chi connectivity index (χ1) is 36.6. The van der Waals surface area contributed by atoms with Crippen LogP contribution in [0.25, 0.3) is 0 Å². The molecule has 0 amide bonds. The quantitative estimate of drug-likeness (QED) is 0.0345. The van der Waals surface area contributed by atoms with Crippen LogP contribution in [0.2, 0.25) is 0 Å². The molecule has 0 aromatic rings. The van der Waals surface area contributed by atoms with Gasteiger partial charge in [0.1, 0.15) is 6.61 Å². The molecule has 0 aliphatic heterocycles. The van der Waals surface area contributed by atoms with Crippen LogP contribution in [-0.2, 0) is 23.8 Å². The SMILES string of the molecule is CC/C=C\C/C=C\C/C=C\C/C=C\C/C=C\C/C=C\CCC(=O)OCC(COCCCCCC/C=C\C/C=C\C/C=C\C/C=C\C/C=C\CC)OC(=O)CCCCCCCCCCCCCCCCCCCCC. The van der Waals surface area contributed by atoms with Gasteiger partial charge in [-0.15, -0.1) is 0 Å². The molecule has 0 N–H and O–H groups in total. The van der Waals surface area contributed by atoms with Gasteiger partial charge in [0.2, 0.25) is 0 Å². The second-order valence-electron chi connectivity index (χ2n) is 19.8. The maximum Gasteiger partial charge on any atom is 0.306 e. The molecule has 0 aliphatic rings. The molecule has 0 heterocycles. The zero-order chi connectivity index (χ0) is 53.4. The Labute approximate surface area is 458 Å². The van der Waals surface area contributed by atoms with E-state index in [0.717, 1.165) is 116 Å². The van der Waals surface area contributed by atoms with Crippen molar-refractivity contribution in [2.75, 3.05) is 19.8 Å². The van der Waals surface area contributed by atoms with E-state index in [2.05, 4.69) is 148 Å². The van der Waals surface area contributed by atoms with Gasteiger partial charge < -0.3 is 14.2 Å². The molecule has 0 radical (unpaired) electrons. The number of ether oxygens (including phenoxy) is 3. The van der Waals surface area contributed by atoms with Crippen molar-refractivity contribution >= 4 is 11.9 Å². The largest absolute Gasteiger partial charge is 0.462 e. The molecule has 1 atom stereocenters. The lowest BCUT2D eigenvalue weighted by Crippen LogP contribution is -2.30. The normalized spacial score (nSPS) is 13.2. The van der Waals surface area contributed by atoms with E-state index in [1.165, 1.54) is 109 Å². The van der Waals surface area contributed by atoms with E-state index in [-0.39, 0.29) is 25.2 Å². The van der Waals surface area contributed by atoms with Gasteiger partial charge in [0.15, 0.2) is 6.10 Å². The third-order valence-electron chi connectivity index (χ3n) is 12.7. The number of allylic oxidation sites excluding steroid dienone is 22. The molecule has 0 aromatic heterocycles. The summed E-state index contributed by atoms with van der Waals surface area (Å²) in [5, 5.41) is 0. The van der Waals surface area contributed by atoms with Gasteiger partial charge in [0.05, 0.1) is 6.61 Å². The Kier molecular flexibility index (Phi) is 59.9. The molecular weight excluding hydrogens is 909 g/mol. The number of hydrogen-bond acceptors (Lipinski definition) is 5. The topological polar surface area (TPSA) is 61.8 Å². The molecule has 420 valence electrons. The summed E-state index contributed by atoms with van der Waals surface area (Å²) in [5.41, 5.74) is 0. The van der Waals surface area contributed by atoms with Crippen molar-refractivity contribution in [1.82, 2.24) is 0 Å². The van der Waals surface area contributed by atoms with Crippen LogP contribution in [0.15, 0.2) is 134 Å². The monoisotopic (exact) mass is 1020 g/mol. The summed E-state index contributed by atoms with van der Waals surface area (Å²) >= 11 is 0. The molecule has 5 nitrogen and oxygen atoms in total. The average Bonchev–Trinajstić information content (AvgIpc) is 3.40. The minimum atomic E-state index is -0.590. The van der Waals surface area contributed by atoms with Crippen LogP contribution in [0.5, 0.6) is 0 Å². The lowest BCUT2D eigenvalue weighted by Gasteiger charge is -2.18. The van der Waals surface area contributed by atoms with Gasteiger partial charge in [-0.3, -0.25) is 9.59 Å². The first-order valence-corrected chi connectivity index (χ1v) is 30.7. The van der Waals surface area contributed by atoms with Gasteiger partial charge in [-0.25, -0.2) is 0 Å². The average molecular weight is 1020 g/mol. The van der Waals surface area contributed by atoms with Gasteiger partial charge in [-0.2, -0.15) is 0 Å². The van der Waals surface area contributed by atoms with Gasteiger partial charge in [0.25, 0.3) is 0 Å². The molecule has 0 rings (SSSR count). The first-order valence-electron chi connectivity index (χ1n) is 30.7. The molecule has 0 bridgehead atoms. The summed E-state index contributed by atoms with van der Waals surface area (Å²) in [6.45, 7) is 7.48. The van der Waals surface area contributed by atoms with E-state index in [4.69, 9.17) is 14.2 Å². The lowest BCUT2D eigenvalue weighted by molar-refractivity contribution is -0.162. The van der Waals surface area contributed by atoms with Crippen LogP contribution in [-0.4, -0.2) is 37.9 Å². The highest BCUT2D eigenvalue weighted by Crippen LogP contribution is 2.16. The standard InChI is InChI=1S/C69H114O5/c1-4-7-10-13-16-19-22-25-28-31-34-37-40-43-46-49-52-55-58-61-64-72-65-67(74-69(71)63-60-57-54-51-48-45-42-39-36-33-30-27-24-21-18-15-12-9-6-3)66-73-68(70)62-59-56-53-50-47-44-41-38-35-32-29-26-23-20-17-14-11-8-5-2/h7-8,10-11,16-17,19-20,25-26,28-29,34-35,37-38,43-44,46-47,53,56,67H,4-6,9,12-15,18,21-24,27,30-33,36,39-42,45,48-52,54-55,57-66H2,1-3H3/b10-7-,11-8-,19-16-,20-17-,28-25-,29-26-,37-34-,38-35-,46-43-,47-44-,56-53-. The fourth-order valence-electron chi connectivity index (χ4n) is 8.21. The Balaban J connectivity index is 4.45. The molecule has 0 saturated carbocycles.